The summed E-state index contributed by atoms with van der Waals surface area (Å²) in [5, 5.41) is 7.82. The molecule has 0 aliphatic heterocycles. The van der Waals surface area contributed by atoms with Gasteiger partial charge in [0.2, 0.25) is 0 Å². The first-order chi connectivity index (χ1) is 9.65. The molecule has 2 aromatic rings. The SMILES string of the molecule is CCCn1nc(C)c(N)c1NCc1ccc(OC)cc1. The number of nitrogens with two attached hydrogens (primary N) is 1. The van der Waals surface area contributed by atoms with Crippen LogP contribution in [0, 0.1) is 6.92 Å². The lowest BCUT2D eigenvalue weighted by Crippen LogP contribution is -2.09. The van der Waals surface area contributed by atoms with E-state index >= 15 is 0 Å². The number of nitrogen functional groups attached to an aromatic ring is 1. The van der Waals surface area contributed by atoms with Crippen molar-refractivity contribution in [3.63, 3.8) is 0 Å². The maximum Gasteiger partial charge on any atom is 0.148 e. The first-order valence-corrected chi connectivity index (χ1v) is 6.85. The van der Waals surface area contributed by atoms with Crippen LogP contribution in [0.4, 0.5) is 11.5 Å². The molecule has 5 heteroatoms. The van der Waals surface area contributed by atoms with Crippen LogP contribution in [0.25, 0.3) is 0 Å². The fourth-order valence-electron chi connectivity index (χ4n) is 2.08. The molecule has 0 saturated carbocycles. The normalized spacial score (nSPS) is 10.6. The number of hydrogen-bond donors (Lipinski definition) is 2. The van der Waals surface area contributed by atoms with Crippen LogP contribution in [0.15, 0.2) is 24.3 Å². The number of nitrogens with one attached hydrogen (secondary N) is 1. The summed E-state index contributed by atoms with van der Waals surface area (Å²) in [4.78, 5) is 0. The summed E-state index contributed by atoms with van der Waals surface area (Å²) in [5.74, 6) is 1.76. The maximum absolute atomic E-state index is 6.08. The van der Waals surface area contributed by atoms with Crippen LogP contribution in [-0.2, 0) is 13.1 Å². The van der Waals surface area contributed by atoms with Crippen molar-refractivity contribution in [2.75, 3.05) is 18.2 Å². The Morgan fingerprint density at radius 2 is 2.00 bits per heavy atom. The third kappa shape index (κ3) is 3.04. The van der Waals surface area contributed by atoms with E-state index < -0.39 is 0 Å². The molecule has 0 spiro atoms. The van der Waals surface area contributed by atoms with Gasteiger partial charge in [-0.1, -0.05) is 19.1 Å². The van der Waals surface area contributed by atoms with Gasteiger partial charge in [0, 0.05) is 13.1 Å². The third-order valence-electron chi connectivity index (χ3n) is 3.23. The Bertz CT molecular complexity index is 560. The predicted octanol–water partition coefficient (Wildman–Crippen LogP) is 2.80. The van der Waals surface area contributed by atoms with Gasteiger partial charge in [-0.3, -0.25) is 0 Å². The molecule has 1 heterocycles. The van der Waals surface area contributed by atoms with Crippen molar-refractivity contribution in [1.29, 1.82) is 0 Å². The summed E-state index contributed by atoms with van der Waals surface area (Å²) >= 11 is 0. The van der Waals surface area contributed by atoms with Gasteiger partial charge in [-0.15, -0.1) is 0 Å². The monoisotopic (exact) mass is 274 g/mol. The van der Waals surface area contributed by atoms with E-state index in [1.165, 1.54) is 5.56 Å². The summed E-state index contributed by atoms with van der Waals surface area (Å²) in [7, 11) is 1.67. The van der Waals surface area contributed by atoms with Gasteiger partial charge in [-0.2, -0.15) is 5.10 Å². The fraction of sp³-hybridized carbons (Fsp3) is 0.400. The third-order valence-corrected chi connectivity index (χ3v) is 3.23. The van der Waals surface area contributed by atoms with E-state index in [1.807, 2.05) is 35.9 Å². The molecule has 108 valence electrons. The molecule has 0 atom stereocenters. The Hall–Kier alpha value is -2.17. The summed E-state index contributed by atoms with van der Waals surface area (Å²) in [6, 6.07) is 7.98. The molecule has 3 N–H and O–H groups in total. The van der Waals surface area contributed by atoms with Crippen LogP contribution >= 0.6 is 0 Å². The molecule has 0 saturated heterocycles. The minimum Gasteiger partial charge on any atom is -0.497 e. The van der Waals surface area contributed by atoms with E-state index in [9.17, 15) is 0 Å². The molecule has 0 aliphatic rings. The highest BCUT2D eigenvalue weighted by molar-refractivity contribution is 5.64. The molecule has 0 unspecified atom stereocenters. The minimum absolute atomic E-state index is 0.711. The first kappa shape index (κ1) is 14.2. The minimum atomic E-state index is 0.711. The summed E-state index contributed by atoms with van der Waals surface area (Å²) in [6.07, 6.45) is 1.03. The summed E-state index contributed by atoms with van der Waals surface area (Å²) in [5.41, 5.74) is 8.85. The molecule has 0 fully saturated rings. The number of nitrogens with zero attached hydrogens (tertiary/aromatic N) is 2. The van der Waals surface area contributed by atoms with Gasteiger partial charge >= 0.3 is 0 Å². The number of aromatic nitrogens is 2. The fourth-order valence-corrected chi connectivity index (χ4v) is 2.08. The van der Waals surface area contributed by atoms with Gasteiger partial charge in [0.15, 0.2) is 0 Å². The van der Waals surface area contributed by atoms with Crippen molar-refractivity contribution in [3.8, 4) is 5.75 Å². The standard InChI is InChI=1S/C15H22N4O/c1-4-9-19-15(14(16)11(2)18-19)17-10-12-5-7-13(20-3)8-6-12/h5-8,17H,4,9-10,16H2,1-3H3. The Morgan fingerprint density at radius 1 is 1.30 bits per heavy atom. The van der Waals surface area contributed by atoms with Crippen LogP contribution in [-0.4, -0.2) is 16.9 Å². The number of ether oxygens (including phenoxy) is 1. The summed E-state index contributed by atoms with van der Waals surface area (Å²) in [6.45, 7) is 5.63. The van der Waals surface area contributed by atoms with Gasteiger partial charge < -0.3 is 15.8 Å². The van der Waals surface area contributed by atoms with Gasteiger partial charge in [0.1, 0.15) is 11.6 Å². The number of methoxy groups -OCH3 is 1. The van der Waals surface area contributed by atoms with Gasteiger partial charge in [-0.25, -0.2) is 4.68 Å². The molecule has 2 rings (SSSR count). The largest absolute Gasteiger partial charge is 0.497 e. The van der Waals surface area contributed by atoms with Crippen molar-refractivity contribution in [1.82, 2.24) is 9.78 Å². The van der Waals surface area contributed by atoms with Crippen molar-refractivity contribution in [2.24, 2.45) is 0 Å². The lowest BCUT2D eigenvalue weighted by Gasteiger charge is -2.10. The average Bonchev–Trinajstić information content (AvgIpc) is 2.73. The van der Waals surface area contributed by atoms with Gasteiger partial charge in [0.25, 0.3) is 0 Å². The van der Waals surface area contributed by atoms with Crippen molar-refractivity contribution in [2.45, 2.75) is 33.4 Å². The highest BCUT2D eigenvalue weighted by Crippen LogP contribution is 2.23. The molecule has 20 heavy (non-hydrogen) atoms. The van der Waals surface area contributed by atoms with Crippen LogP contribution < -0.4 is 15.8 Å². The lowest BCUT2D eigenvalue weighted by molar-refractivity contribution is 0.414. The predicted molar refractivity (Wildman–Crippen MR) is 82.0 cm³/mol. The molecule has 5 nitrogen and oxygen atoms in total. The molecular weight excluding hydrogens is 252 g/mol. The zero-order valence-electron chi connectivity index (χ0n) is 12.3. The number of aryl methyl sites for hydroxylation is 2. The second kappa shape index (κ2) is 6.32. The van der Waals surface area contributed by atoms with E-state index in [1.54, 1.807) is 7.11 Å². The second-order valence-corrected chi connectivity index (χ2v) is 4.77. The van der Waals surface area contributed by atoms with Gasteiger partial charge in [0.05, 0.1) is 18.5 Å². The molecule has 1 aromatic heterocycles. The molecular formula is C15H22N4O. The number of benzene rings is 1. The molecule has 0 aliphatic carbocycles. The van der Waals surface area contributed by atoms with Crippen molar-refractivity contribution in [3.05, 3.63) is 35.5 Å². The van der Waals surface area contributed by atoms with E-state index in [4.69, 9.17) is 10.5 Å². The van der Waals surface area contributed by atoms with Crippen LogP contribution in [0.2, 0.25) is 0 Å². The number of rotatable bonds is 6. The van der Waals surface area contributed by atoms with Gasteiger partial charge in [-0.05, 0) is 31.0 Å². The Kier molecular flexibility index (Phi) is 4.50. The summed E-state index contributed by atoms with van der Waals surface area (Å²) < 4.78 is 7.09. The number of anilines is 2. The quantitative estimate of drug-likeness (QED) is 0.850. The molecule has 0 bridgehead atoms. The van der Waals surface area contributed by atoms with E-state index in [0.717, 1.165) is 35.9 Å². The maximum atomic E-state index is 6.08. The Labute approximate surface area is 119 Å². The molecule has 0 amide bonds. The highest BCUT2D eigenvalue weighted by Gasteiger charge is 2.11. The zero-order chi connectivity index (χ0) is 14.5. The topological polar surface area (TPSA) is 65.1 Å². The Balaban J connectivity index is 2.09. The number of hydrogen-bond acceptors (Lipinski definition) is 4. The van der Waals surface area contributed by atoms with Crippen LogP contribution in [0.3, 0.4) is 0 Å². The molecule has 0 radical (unpaired) electrons. The van der Waals surface area contributed by atoms with Crippen molar-refractivity contribution >= 4 is 11.5 Å². The van der Waals surface area contributed by atoms with Crippen molar-refractivity contribution < 1.29 is 4.74 Å². The molecule has 1 aromatic carbocycles. The Morgan fingerprint density at radius 3 is 2.60 bits per heavy atom. The first-order valence-electron chi connectivity index (χ1n) is 6.85. The lowest BCUT2D eigenvalue weighted by atomic mass is 10.2. The second-order valence-electron chi connectivity index (χ2n) is 4.77. The van der Waals surface area contributed by atoms with E-state index in [2.05, 4.69) is 17.3 Å². The highest BCUT2D eigenvalue weighted by atomic mass is 16.5. The van der Waals surface area contributed by atoms with E-state index in [0.29, 0.717) is 6.54 Å². The van der Waals surface area contributed by atoms with E-state index in [-0.39, 0.29) is 0 Å². The smallest absolute Gasteiger partial charge is 0.148 e. The average molecular weight is 274 g/mol. The van der Waals surface area contributed by atoms with Crippen LogP contribution in [0.1, 0.15) is 24.6 Å². The zero-order valence-corrected chi connectivity index (χ0v) is 12.3. The van der Waals surface area contributed by atoms with Crippen LogP contribution in [0.5, 0.6) is 5.75 Å².